The van der Waals surface area contributed by atoms with Gasteiger partial charge in [0.2, 0.25) is 5.28 Å². The first kappa shape index (κ1) is 28.3. The molecule has 0 aromatic carbocycles. The molecular formula is C12H18ClIN5O12P3. The van der Waals surface area contributed by atoms with E-state index in [9.17, 15) is 33.7 Å². The molecule has 17 nitrogen and oxygen atoms in total. The number of nitrogen functional groups attached to an aromatic ring is 1. The van der Waals surface area contributed by atoms with Crippen LogP contribution in [0.1, 0.15) is 13.0 Å². The van der Waals surface area contributed by atoms with Crippen molar-refractivity contribution in [3.8, 4) is 0 Å². The van der Waals surface area contributed by atoms with Gasteiger partial charge in [-0.1, -0.05) is 29.5 Å². The van der Waals surface area contributed by atoms with Crippen LogP contribution in [-0.2, 0) is 26.8 Å². The van der Waals surface area contributed by atoms with Crippen molar-refractivity contribution in [1.29, 1.82) is 0 Å². The SMILES string of the molecule is C[C@]1(COP(=O)(O)OP(=O)(O)OP(=O)(O)O)[C@H](I)[C@@H](n2cnc3c(N)nc(Cl)nc32)[C@H](O)[C@@H]1O. The Morgan fingerprint density at radius 1 is 1.18 bits per heavy atom. The molecule has 3 rings (SSSR count). The zero-order valence-corrected chi connectivity index (χ0v) is 22.3. The Bertz CT molecular complexity index is 1240. The minimum absolute atomic E-state index is 0.0257. The number of aromatic nitrogens is 4. The number of anilines is 1. The first-order valence-electron chi connectivity index (χ1n) is 8.81. The molecule has 0 amide bonds. The van der Waals surface area contributed by atoms with Crippen LogP contribution in [0.25, 0.3) is 11.2 Å². The molecule has 2 aromatic rings. The Morgan fingerprint density at radius 3 is 2.38 bits per heavy atom. The maximum Gasteiger partial charge on any atom is 0.490 e. The van der Waals surface area contributed by atoms with Crippen LogP contribution in [0.4, 0.5) is 5.82 Å². The van der Waals surface area contributed by atoms with Crippen molar-refractivity contribution in [1.82, 2.24) is 19.5 Å². The van der Waals surface area contributed by atoms with Crippen molar-refractivity contribution < 1.29 is 56.6 Å². The van der Waals surface area contributed by atoms with E-state index >= 15 is 0 Å². The van der Waals surface area contributed by atoms with Crippen LogP contribution in [0, 0.1) is 5.41 Å². The topological polar surface area (TPSA) is 270 Å². The van der Waals surface area contributed by atoms with Crippen molar-refractivity contribution >= 4 is 74.6 Å². The fourth-order valence-electron chi connectivity index (χ4n) is 3.43. The molecule has 2 unspecified atom stereocenters. The second kappa shape index (κ2) is 9.54. The first-order valence-corrected chi connectivity index (χ1v) is 15.0. The lowest BCUT2D eigenvalue weighted by atomic mass is 9.87. The summed E-state index contributed by atoms with van der Waals surface area (Å²) in [5, 5.41) is 21.3. The van der Waals surface area contributed by atoms with Crippen LogP contribution in [-0.4, -0.2) is 72.0 Å². The number of rotatable bonds is 8. The second-order valence-electron chi connectivity index (χ2n) is 7.40. The monoisotopic (exact) mass is 679 g/mol. The van der Waals surface area contributed by atoms with E-state index in [2.05, 4.69) is 23.6 Å². The van der Waals surface area contributed by atoms with Crippen molar-refractivity contribution in [3.05, 3.63) is 11.6 Å². The molecule has 0 saturated heterocycles. The summed E-state index contributed by atoms with van der Waals surface area (Å²) < 4.78 is 47.0. The molecule has 1 saturated carbocycles. The second-order valence-corrected chi connectivity index (χ2v) is 13.5. The van der Waals surface area contributed by atoms with E-state index in [-0.39, 0.29) is 22.3 Å². The molecule has 192 valence electrons. The average Bonchev–Trinajstić information content (AvgIpc) is 3.12. The fourth-order valence-corrected chi connectivity index (χ4v) is 8.05. The zero-order valence-electron chi connectivity index (χ0n) is 16.7. The summed E-state index contributed by atoms with van der Waals surface area (Å²) in [5.74, 6) is -0.0257. The molecule has 1 aliphatic carbocycles. The summed E-state index contributed by atoms with van der Waals surface area (Å²) in [6.07, 6.45) is -1.77. The van der Waals surface area contributed by atoms with Crippen LogP contribution >= 0.6 is 57.7 Å². The van der Waals surface area contributed by atoms with Gasteiger partial charge in [-0.2, -0.15) is 18.6 Å². The number of nitrogens with two attached hydrogens (primary N) is 1. The minimum Gasteiger partial charge on any atom is -0.390 e. The number of fused-ring (bicyclic) bond motifs is 1. The van der Waals surface area contributed by atoms with Gasteiger partial charge in [0.15, 0.2) is 11.5 Å². The Balaban J connectivity index is 1.85. The number of hydrogen-bond acceptors (Lipinski definition) is 12. The molecule has 0 radical (unpaired) electrons. The van der Waals surface area contributed by atoms with Crippen molar-refractivity contribution in [3.63, 3.8) is 0 Å². The van der Waals surface area contributed by atoms with Gasteiger partial charge >= 0.3 is 23.5 Å². The molecule has 22 heteroatoms. The number of nitrogens with zero attached hydrogens (tertiary/aromatic N) is 4. The molecule has 0 aliphatic heterocycles. The zero-order chi connectivity index (χ0) is 25.9. The smallest absolute Gasteiger partial charge is 0.390 e. The van der Waals surface area contributed by atoms with Crippen molar-refractivity contribution in [2.24, 2.45) is 5.41 Å². The average molecular weight is 680 g/mol. The standard InChI is InChI=1S/C12H18ClIN5O12P3/c1-12(2-29-33(25,26)31-34(27,28)30-32(22,23)24)7(14)5(6(20)8(12)21)19-3-16-4-9(15)17-11(13)18-10(4)19/h3,5-8,20-21H,2H2,1H3,(H,25,26)(H,27,28)(H2,15,17,18)(H2,22,23,24)/t5-,6-,7+,8-,12-/m0/s1. The van der Waals surface area contributed by atoms with Gasteiger partial charge < -0.3 is 40.1 Å². The number of aliphatic hydroxyl groups is 2. The summed E-state index contributed by atoms with van der Waals surface area (Å²) in [6, 6.07) is -0.930. The highest BCUT2D eigenvalue weighted by Gasteiger charge is 2.58. The third-order valence-electron chi connectivity index (χ3n) is 4.98. The number of aliphatic hydroxyl groups excluding tert-OH is 2. The highest BCUT2D eigenvalue weighted by molar-refractivity contribution is 14.1. The predicted octanol–water partition coefficient (Wildman–Crippen LogP) is 0.492. The van der Waals surface area contributed by atoms with Gasteiger partial charge in [-0.05, 0) is 11.6 Å². The molecule has 0 bridgehead atoms. The van der Waals surface area contributed by atoms with Crippen molar-refractivity contribution in [2.45, 2.75) is 29.1 Å². The van der Waals surface area contributed by atoms with Crippen LogP contribution in [0.3, 0.4) is 0 Å². The lowest BCUT2D eigenvalue weighted by Crippen LogP contribution is -2.40. The molecule has 7 atom stereocenters. The summed E-state index contributed by atoms with van der Waals surface area (Å²) in [6.45, 7) is 0.571. The number of phosphoric acid groups is 3. The van der Waals surface area contributed by atoms with Gasteiger partial charge in [-0.25, -0.2) is 18.7 Å². The van der Waals surface area contributed by atoms with E-state index in [1.54, 1.807) is 0 Å². The number of imidazole rings is 1. The van der Waals surface area contributed by atoms with E-state index in [0.717, 1.165) is 0 Å². The summed E-state index contributed by atoms with van der Waals surface area (Å²) in [5.41, 5.74) is 4.63. The largest absolute Gasteiger partial charge is 0.490 e. The van der Waals surface area contributed by atoms with Crippen molar-refractivity contribution in [2.75, 3.05) is 12.3 Å². The lowest BCUT2D eigenvalue weighted by molar-refractivity contribution is -0.0385. The predicted molar refractivity (Wildman–Crippen MR) is 122 cm³/mol. The van der Waals surface area contributed by atoms with E-state index in [1.165, 1.54) is 17.8 Å². The summed E-state index contributed by atoms with van der Waals surface area (Å²) in [7, 11) is -16.7. The minimum atomic E-state index is -5.72. The van der Waals surface area contributed by atoms with Gasteiger partial charge in [-0.3, -0.25) is 4.52 Å². The van der Waals surface area contributed by atoms with E-state index in [1.807, 2.05) is 22.6 Å². The number of phosphoric ester groups is 1. The Kier molecular flexibility index (Phi) is 7.93. The van der Waals surface area contributed by atoms with Gasteiger partial charge in [-0.15, -0.1) is 0 Å². The van der Waals surface area contributed by atoms with Crippen LogP contribution in [0.15, 0.2) is 6.33 Å². The maximum atomic E-state index is 12.1. The molecular weight excluding hydrogens is 661 g/mol. The molecule has 2 heterocycles. The quantitative estimate of drug-likeness (QED) is 0.0866. The Morgan fingerprint density at radius 2 is 1.79 bits per heavy atom. The maximum absolute atomic E-state index is 12.1. The van der Waals surface area contributed by atoms with Gasteiger partial charge in [0.1, 0.15) is 11.6 Å². The third kappa shape index (κ3) is 5.81. The Labute approximate surface area is 208 Å². The normalized spacial score (nSPS) is 31.4. The Hall–Kier alpha value is -0.300. The van der Waals surface area contributed by atoms with Crippen LogP contribution < -0.4 is 5.73 Å². The van der Waals surface area contributed by atoms with Gasteiger partial charge in [0.25, 0.3) is 0 Å². The van der Waals surface area contributed by atoms with Gasteiger partial charge in [0, 0.05) is 9.34 Å². The highest BCUT2D eigenvalue weighted by atomic mass is 127. The van der Waals surface area contributed by atoms with E-state index < -0.39 is 57.7 Å². The van der Waals surface area contributed by atoms with E-state index in [4.69, 9.17) is 31.6 Å². The first-order chi connectivity index (χ1) is 15.4. The lowest BCUT2D eigenvalue weighted by Gasteiger charge is -2.32. The highest BCUT2D eigenvalue weighted by Crippen LogP contribution is 2.67. The third-order valence-corrected chi connectivity index (χ3v) is 11.1. The van der Waals surface area contributed by atoms with Gasteiger partial charge in [0.05, 0.1) is 25.1 Å². The number of alkyl halides is 1. The van der Waals surface area contributed by atoms with Crippen LogP contribution in [0.5, 0.6) is 0 Å². The molecule has 1 fully saturated rings. The number of hydrogen-bond donors (Lipinski definition) is 7. The summed E-state index contributed by atoms with van der Waals surface area (Å²) >= 11 is 7.71. The molecule has 34 heavy (non-hydrogen) atoms. The van der Waals surface area contributed by atoms with Crippen LogP contribution in [0.2, 0.25) is 5.28 Å². The molecule has 2 aromatic heterocycles. The molecule has 8 N–H and O–H groups in total. The van der Waals surface area contributed by atoms with E-state index in [0.29, 0.717) is 0 Å². The fraction of sp³-hybridized carbons (Fsp3) is 0.583. The summed E-state index contributed by atoms with van der Waals surface area (Å²) in [4.78, 5) is 48.1. The molecule has 0 spiro atoms. The molecule has 1 aliphatic rings. The number of halogens is 2.